The Bertz CT molecular complexity index is 1150. The summed E-state index contributed by atoms with van der Waals surface area (Å²) in [6, 6.07) is 0. The maximum Gasteiger partial charge on any atom is 0.306 e. The van der Waals surface area contributed by atoms with Crippen LogP contribution in [0.3, 0.4) is 0 Å². The molecule has 0 fully saturated rings. The third-order valence-electron chi connectivity index (χ3n) is 15.5. The minimum absolute atomic E-state index is 0.0661. The smallest absolute Gasteiger partial charge is 0.306 e. The molecule has 0 aromatic rings. The molecule has 0 aliphatic carbocycles. The van der Waals surface area contributed by atoms with Crippen LogP contribution in [-0.4, -0.2) is 37.2 Å². The van der Waals surface area contributed by atoms with Crippen LogP contribution < -0.4 is 0 Å². The first-order valence-electron chi connectivity index (χ1n) is 33.7. The summed E-state index contributed by atoms with van der Waals surface area (Å²) in [5, 5.41) is 0. The highest BCUT2D eigenvalue weighted by Gasteiger charge is 2.19. The predicted octanol–water partition coefficient (Wildman–Crippen LogP) is 22.8. The summed E-state index contributed by atoms with van der Waals surface area (Å²) in [4.78, 5) is 38.2. The lowest BCUT2D eigenvalue weighted by Crippen LogP contribution is -2.30. The van der Waals surface area contributed by atoms with E-state index < -0.39 is 6.10 Å². The number of carbonyl (C=O) groups excluding carboxylic acids is 3. The highest BCUT2D eigenvalue weighted by Crippen LogP contribution is 2.19. The first-order chi connectivity index (χ1) is 36.5. The molecule has 1 atom stereocenters. The Morgan fingerprint density at radius 2 is 0.446 bits per heavy atom. The molecule has 1 unspecified atom stereocenters. The molecular formula is C68H130O6. The number of rotatable bonds is 63. The first kappa shape index (κ1) is 72.2. The van der Waals surface area contributed by atoms with Crippen LogP contribution in [0.25, 0.3) is 0 Å². The van der Waals surface area contributed by atoms with Gasteiger partial charge in [-0.05, 0) is 44.9 Å². The monoisotopic (exact) mass is 1040 g/mol. The molecule has 0 radical (unpaired) electrons. The van der Waals surface area contributed by atoms with E-state index in [2.05, 4.69) is 32.9 Å². The molecule has 0 aromatic carbocycles. The summed E-state index contributed by atoms with van der Waals surface area (Å²) in [7, 11) is 0. The zero-order valence-corrected chi connectivity index (χ0v) is 50.4. The zero-order valence-electron chi connectivity index (χ0n) is 50.4. The normalized spacial score (nSPS) is 12.0. The molecule has 74 heavy (non-hydrogen) atoms. The van der Waals surface area contributed by atoms with Gasteiger partial charge in [0.15, 0.2) is 6.10 Å². The Morgan fingerprint density at radius 1 is 0.257 bits per heavy atom. The van der Waals surface area contributed by atoms with E-state index in [0.29, 0.717) is 19.3 Å². The van der Waals surface area contributed by atoms with Crippen molar-refractivity contribution in [1.82, 2.24) is 0 Å². The topological polar surface area (TPSA) is 78.9 Å². The lowest BCUT2D eigenvalue weighted by Gasteiger charge is -2.18. The molecule has 6 heteroatoms. The first-order valence-corrected chi connectivity index (χ1v) is 33.7. The number of ether oxygens (including phenoxy) is 3. The van der Waals surface area contributed by atoms with Crippen molar-refractivity contribution in [3.05, 3.63) is 12.2 Å². The molecule has 0 rings (SSSR count). The van der Waals surface area contributed by atoms with Crippen LogP contribution in [0.4, 0.5) is 0 Å². The Hall–Kier alpha value is -1.85. The van der Waals surface area contributed by atoms with Gasteiger partial charge in [0, 0.05) is 19.3 Å². The van der Waals surface area contributed by atoms with Gasteiger partial charge in [-0.1, -0.05) is 335 Å². The number of unbranched alkanes of at least 4 members (excludes halogenated alkanes) is 50. The van der Waals surface area contributed by atoms with Gasteiger partial charge < -0.3 is 14.2 Å². The molecule has 0 bridgehead atoms. The van der Waals surface area contributed by atoms with Gasteiger partial charge in [0.2, 0.25) is 0 Å². The Morgan fingerprint density at radius 3 is 0.689 bits per heavy atom. The van der Waals surface area contributed by atoms with E-state index in [1.54, 1.807) is 0 Å². The summed E-state index contributed by atoms with van der Waals surface area (Å²) >= 11 is 0. The Kier molecular flexibility index (Phi) is 62.1. The zero-order chi connectivity index (χ0) is 53.6. The molecule has 0 amide bonds. The van der Waals surface area contributed by atoms with Crippen molar-refractivity contribution in [2.45, 2.75) is 393 Å². The second-order valence-electron chi connectivity index (χ2n) is 23.1. The van der Waals surface area contributed by atoms with Crippen LogP contribution in [0.1, 0.15) is 387 Å². The number of esters is 3. The molecule has 0 aliphatic heterocycles. The third-order valence-corrected chi connectivity index (χ3v) is 15.5. The highest BCUT2D eigenvalue weighted by atomic mass is 16.6. The maximum absolute atomic E-state index is 12.9. The van der Waals surface area contributed by atoms with Gasteiger partial charge >= 0.3 is 17.9 Å². The molecule has 0 heterocycles. The molecular weight excluding hydrogens is 913 g/mol. The molecule has 6 nitrogen and oxygen atoms in total. The van der Waals surface area contributed by atoms with E-state index in [0.717, 1.165) is 64.2 Å². The van der Waals surface area contributed by atoms with Crippen LogP contribution in [0.5, 0.6) is 0 Å². The maximum atomic E-state index is 12.9. The van der Waals surface area contributed by atoms with E-state index in [1.165, 1.54) is 283 Å². The number of hydrogen-bond acceptors (Lipinski definition) is 6. The van der Waals surface area contributed by atoms with Crippen LogP contribution in [0.15, 0.2) is 12.2 Å². The second-order valence-corrected chi connectivity index (χ2v) is 23.1. The van der Waals surface area contributed by atoms with Gasteiger partial charge in [0.25, 0.3) is 0 Å². The summed E-state index contributed by atoms with van der Waals surface area (Å²) in [5.41, 5.74) is 0. The van der Waals surface area contributed by atoms with Crippen molar-refractivity contribution in [2.24, 2.45) is 0 Å². The Balaban J connectivity index is 4.10. The fourth-order valence-electron chi connectivity index (χ4n) is 10.4. The van der Waals surface area contributed by atoms with Crippen molar-refractivity contribution >= 4 is 17.9 Å². The minimum atomic E-state index is -0.768. The number of allylic oxidation sites excluding steroid dienone is 2. The van der Waals surface area contributed by atoms with Crippen molar-refractivity contribution in [3.8, 4) is 0 Å². The van der Waals surface area contributed by atoms with Crippen molar-refractivity contribution in [3.63, 3.8) is 0 Å². The molecule has 0 N–H and O–H groups in total. The predicted molar refractivity (Wildman–Crippen MR) is 321 cm³/mol. The number of carbonyl (C=O) groups is 3. The van der Waals surface area contributed by atoms with Crippen molar-refractivity contribution < 1.29 is 28.6 Å². The van der Waals surface area contributed by atoms with Gasteiger partial charge in [0.1, 0.15) is 13.2 Å². The quantitative estimate of drug-likeness (QED) is 0.0261. The van der Waals surface area contributed by atoms with Crippen molar-refractivity contribution in [2.75, 3.05) is 13.2 Å². The average molecular weight is 1040 g/mol. The van der Waals surface area contributed by atoms with Gasteiger partial charge in [-0.2, -0.15) is 0 Å². The third kappa shape index (κ3) is 61.0. The van der Waals surface area contributed by atoms with E-state index in [9.17, 15) is 14.4 Å². The standard InChI is InChI=1S/C68H130O6/c1-4-7-10-13-16-19-22-25-27-28-29-30-31-32-33-34-35-36-37-38-39-40-41-44-46-49-52-55-58-61-67(70)73-64-65(63-72-66(69)60-57-54-51-48-45-42-24-21-18-15-12-9-6-3)74-68(71)62-59-56-53-50-47-43-26-23-20-17-14-11-8-5-2/h21,24,65H,4-20,22-23,25-64H2,1-3H3/b24-21-. The molecule has 0 aliphatic rings. The average Bonchev–Trinajstić information content (AvgIpc) is 3.40. The molecule has 0 spiro atoms. The van der Waals surface area contributed by atoms with Gasteiger partial charge in [-0.3, -0.25) is 14.4 Å². The van der Waals surface area contributed by atoms with Gasteiger partial charge in [-0.25, -0.2) is 0 Å². The van der Waals surface area contributed by atoms with Gasteiger partial charge in [0.05, 0.1) is 0 Å². The lowest BCUT2D eigenvalue weighted by molar-refractivity contribution is -0.167. The Labute approximate surface area is 462 Å². The summed E-state index contributed by atoms with van der Waals surface area (Å²) in [5.74, 6) is -0.846. The van der Waals surface area contributed by atoms with E-state index in [4.69, 9.17) is 14.2 Å². The van der Waals surface area contributed by atoms with Gasteiger partial charge in [-0.15, -0.1) is 0 Å². The SMILES string of the molecule is CCCCCC/C=C\CCCCCCCC(=O)OCC(COC(=O)CCCCCCCCCCCCCCCCCCCCCCCCCCCCCCC)OC(=O)CCCCCCCCCCCCCCCC. The second kappa shape index (κ2) is 63.7. The molecule has 0 saturated heterocycles. The molecule has 438 valence electrons. The summed E-state index contributed by atoms with van der Waals surface area (Å²) < 4.78 is 16.9. The highest BCUT2D eigenvalue weighted by molar-refractivity contribution is 5.71. The molecule has 0 aromatic heterocycles. The van der Waals surface area contributed by atoms with E-state index in [1.807, 2.05) is 0 Å². The van der Waals surface area contributed by atoms with Crippen LogP contribution in [0.2, 0.25) is 0 Å². The lowest BCUT2D eigenvalue weighted by atomic mass is 10.0. The van der Waals surface area contributed by atoms with E-state index in [-0.39, 0.29) is 31.1 Å². The molecule has 0 saturated carbocycles. The fraction of sp³-hybridized carbons (Fsp3) is 0.926. The van der Waals surface area contributed by atoms with Crippen LogP contribution in [-0.2, 0) is 28.6 Å². The fourth-order valence-corrected chi connectivity index (χ4v) is 10.4. The number of hydrogen-bond donors (Lipinski definition) is 0. The van der Waals surface area contributed by atoms with E-state index >= 15 is 0 Å². The van der Waals surface area contributed by atoms with Crippen LogP contribution >= 0.6 is 0 Å². The largest absolute Gasteiger partial charge is 0.462 e. The minimum Gasteiger partial charge on any atom is -0.462 e. The van der Waals surface area contributed by atoms with Crippen molar-refractivity contribution in [1.29, 1.82) is 0 Å². The summed E-state index contributed by atoms with van der Waals surface area (Å²) in [6.45, 7) is 6.69. The summed E-state index contributed by atoms with van der Waals surface area (Å²) in [6.07, 6.45) is 75.3. The van der Waals surface area contributed by atoms with Crippen LogP contribution in [0, 0.1) is 0 Å².